The van der Waals surface area contributed by atoms with Crippen LogP contribution in [0.2, 0.25) is 5.02 Å². The molecule has 0 fully saturated rings. The van der Waals surface area contributed by atoms with Gasteiger partial charge >= 0.3 is 0 Å². The van der Waals surface area contributed by atoms with Crippen LogP contribution in [0.5, 0.6) is 0 Å². The maximum atomic E-state index is 12.8. The summed E-state index contributed by atoms with van der Waals surface area (Å²) in [6.45, 7) is 3.66. The molecule has 0 aromatic heterocycles. The van der Waals surface area contributed by atoms with Crippen molar-refractivity contribution < 1.29 is 9.18 Å². The van der Waals surface area contributed by atoms with Crippen molar-refractivity contribution in [1.82, 2.24) is 0 Å². The predicted octanol–water partition coefficient (Wildman–Crippen LogP) is 3.25. The standard InChI is InChI=1S/C11H12ClFO/c1-11(2,7-14)6-8-3-4-10(13)9(12)5-8/h3-5,7H,6H2,1-2H3. The van der Waals surface area contributed by atoms with E-state index in [0.717, 1.165) is 11.8 Å². The monoisotopic (exact) mass is 214 g/mol. The molecule has 0 saturated carbocycles. The van der Waals surface area contributed by atoms with Gasteiger partial charge in [-0.25, -0.2) is 4.39 Å². The first kappa shape index (κ1) is 11.2. The SMILES string of the molecule is CC(C)(C=O)Cc1ccc(F)c(Cl)c1. The van der Waals surface area contributed by atoms with E-state index < -0.39 is 11.2 Å². The Morgan fingerprint density at radius 3 is 2.64 bits per heavy atom. The van der Waals surface area contributed by atoms with Gasteiger partial charge in [-0.2, -0.15) is 0 Å². The van der Waals surface area contributed by atoms with Gasteiger partial charge < -0.3 is 4.79 Å². The zero-order valence-corrected chi connectivity index (χ0v) is 8.94. The normalized spacial score (nSPS) is 11.4. The van der Waals surface area contributed by atoms with Gasteiger partial charge in [-0.05, 0) is 24.1 Å². The lowest BCUT2D eigenvalue weighted by atomic mass is 9.87. The molecule has 1 rings (SSSR count). The molecule has 0 amide bonds. The van der Waals surface area contributed by atoms with Gasteiger partial charge in [0, 0.05) is 5.41 Å². The number of benzene rings is 1. The van der Waals surface area contributed by atoms with E-state index in [2.05, 4.69) is 0 Å². The first-order valence-corrected chi connectivity index (χ1v) is 4.73. The Kier molecular flexibility index (Phi) is 3.27. The average Bonchev–Trinajstić information content (AvgIpc) is 2.11. The van der Waals surface area contributed by atoms with Gasteiger partial charge in [-0.15, -0.1) is 0 Å². The third-order valence-electron chi connectivity index (χ3n) is 1.96. The van der Waals surface area contributed by atoms with Crippen LogP contribution < -0.4 is 0 Å². The quantitative estimate of drug-likeness (QED) is 0.706. The molecule has 1 aromatic rings. The van der Waals surface area contributed by atoms with Crippen molar-refractivity contribution in [3.05, 3.63) is 34.6 Å². The maximum absolute atomic E-state index is 12.8. The highest BCUT2D eigenvalue weighted by molar-refractivity contribution is 6.30. The van der Waals surface area contributed by atoms with Crippen molar-refractivity contribution in [2.24, 2.45) is 5.41 Å². The highest BCUT2D eigenvalue weighted by Crippen LogP contribution is 2.22. The Balaban J connectivity index is 2.88. The summed E-state index contributed by atoms with van der Waals surface area (Å²) >= 11 is 5.62. The summed E-state index contributed by atoms with van der Waals surface area (Å²) in [6, 6.07) is 4.52. The van der Waals surface area contributed by atoms with Gasteiger partial charge in [0.05, 0.1) is 5.02 Å². The summed E-state index contributed by atoms with van der Waals surface area (Å²) in [7, 11) is 0. The van der Waals surface area contributed by atoms with Crippen LogP contribution in [0.25, 0.3) is 0 Å². The van der Waals surface area contributed by atoms with Crippen molar-refractivity contribution in [2.45, 2.75) is 20.3 Å². The molecule has 0 atom stereocenters. The zero-order chi connectivity index (χ0) is 10.8. The van der Waals surface area contributed by atoms with Gasteiger partial charge in [0.25, 0.3) is 0 Å². The molecule has 0 heterocycles. The average molecular weight is 215 g/mol. The van der Waals surface area contributed by atoms with E-state index in [0.29, 0.717) is 6.42 Å². The number of hydrogen-bond acceptors (Lipinski definition) is 1. The lowest BCUT2D eigenvalue weighted by Crippen LogP contribution is -2.16. The third kappa shape index (κ3) is 2.81. The highest BCUT2D eigenvalue weighted by atomic mass is 35.5. The Morgan fingerprint density at radius 2 is 2.14 bits per heavy atom. The third-order valence-corrected chi connectivity index (χ3v) is 2.25. The summed E-state index contributed by atoms with van der Waals surface area (Å²) in [5.74, 6) is -0.431. The number of hydrogen-bond donors (Lipinski definition) is 0. The molecule has 1 aromatic carbocycles. The van der Waals surface area contributed by atoms with Crippen LogP contribution in [0.4, 0.5) is 4.39 Å². The molecule has 0 saturated heterocycles. The Morgan fingerprint density at radius 1 is 1.50 bits per heavy atom. The fourth-order valence-electron chi connectivity index (χ4n) is 1.22. The van der Waals surface area contributed by atoms with Crippen molar-refractivity contribution >= 4 is 17.9 Å². The molecule has 0 unspecified atom stereocenters. The molecule has 14 heavy (non-hydrogen) atoms. The van der Waals surface area contributed by atoms with Gasteiger partial charge in [0.2, 0.25) is 0 Å². The second-order valence-electron chi connectivity index (χ2n) is 4.03. The van der Waals surface area contributed by atoms with Crippen LogP contribution >= 0.6 is 11.6 Å². The number of carbonyl (C=O) groups is 1. The summed E-state index contributed by atoms with van der Waals surface area (Å²) in [5.41, 5.74) is 0.440. The van der Waals surface area contributed by atoms with Crippen LogP contribution in [-0.4, -0.2) is 6.29 Å². The Bertz CT molecular complexity index is 347. The van der Waals surface area contributed by atoms with E-state index in [9.17, 15) is 9.18 Å². The van der Waals surface area contributed by atoms with E-state index in [1.54, 1.807) is 12.1 Å². The van der Waals surface area contributed by atoms with Crippen molar-refractivity contribution in [3.8, 4) is 0 Å². The second kappa shape index (κ2) is 4.09. The minimum Gasteiger partial charge on any atom is -0.303 e. The van der Waals surface area contributed by atoms with Gasteiger partial charge in [0.15, 0.2) is 0 Å². The minimum atomic E-state index is -0.431. The number of aldehydes is 1. The molecule has 0 aliphatic heterocycles. The van der Waals surface area contributed by atoms with Gasteiger partial charge in [-0.3, -0.25) is 0 Å². The van der Waals surface area contributed by atoms with E-state index in [4.69, 9.17) is 11.6 Å². The Hall–Kier alpha value is -0.890. The topological polar surface area (TPSA) is 17.1 Å². The molecule has 76 valence electrons. The minimum absolute atomic E-state index is 0.101. The molecule has 0 bridgehead atoms. The van der Waals surface area contributed by atoms with Crippen molar-refractivity contribution in [1.29, 1.82) is 0 Å². The van der Waals surface area contributed by atoms with E-state index in [1.807, 2.05) is 13.8 Å². The fraction of sp³-hybridized carbons (Fsp3) is 0.364. The molecule has 0 spiro atoms. The molecule has 1 nitrogen and oxygen atoms in total. The van der Waals surface area contributed by atoms with Gasteiger partial charge in [-0.1, -0.05) is 31.5 Å². The first-order valence-electron chi connectivity index (χ1n) is 4.35. The highest BCUT2D eigenvalue weighted by Gasteiger charge is 2.17. The molecule has 0 aliphatic rings. The van der Waals surface area contributed by atoms with Crippen LogP contribution in [0, 0.1) is 11.2 Å². The summed E-state index contributed by atoms with van der Waals surface area (Å²) < 4.78 is 12.8. The first-order chi connectivity index (χ1) is 6.44. The van der Waals surface area contributed by atoms with Crippen LogP contribution in [0.3, 0.4) is 0 Å². The molecule has 0 N–H and O–H groups in total. The zero-order valence-electron chi connectivity index (χ0n) is 8.18. The summed E-state index contributed by atoms with van der Waals surface area (Å²) in [5, 5.41) is 0.101. The largest absolute Gasteiger partial charge is 0.303 e. The van der Waals surface area contributed by atoms with Crippen LogP contribution in [-0.2, 0) is 11.2 Å². The summed E-state index contributed by atoms with van der Waals surface area (Å²) in [4.78, 5) is 10.7. The number of halogens is 2. The lowest BCUT2D eigenvalue weighted by Gasteiger charge is -2.16. The Labute approximate surface area is 87.9 Å². The molecule has 3 heteroatoms. The maximum Gasteiger partial charge on any atom is 0.141 e. The molecular formula is C11H12ClFO. The number of rotatable bonds is 3. The molecule has 0 radical (unpaired) electrons. The lowest BCUT2D eigenvalue weighted by molar-refractivity contribution is -0.114. The second-order valence-corrected chi connectivity index (χ2v) is 4.44. The summed E-state index contributed by atoms with van der Waals surface area (Å²) in [6.07, 6.45) is 1.46. The smallest absolute Gasteiger partial charge is 0.141 e. The van der Waals surface area contributed by atoms with Gasteiger partial charge in [0.1, 0.15) is 12.1 Å². The fourth-order valence-corrected chi connectivity index (χ4v) is 1.42. The van der Waals surface area contributed by atoms with Crippen molar-refractivity contribution in [3.63, 3.8) is 0 Å². The van der Waals surface area contributed by atoms with Crippen LogP contribution in [0.1, 0.15) is 19.4 Å². The molecular weight excluding hydrogens is 203 g/mol. The van der Waals surface area contributed by atoms with E-state index in [-0.39, 0.29) is 5.02 Å². The van der Waals surface area contributed by atoms with Crippen LogP contribution in [0.15, 0.2) is 18.2 Å². The predicted molar refractivity (Wildman–Crippen MR) is 55.0 cm³/mol. The molecule has 0 aliphatic carbocycles. The van der Waals surface area contributed by atoms with E-state index >= 15 is 0 Å². The van der Waals surface area contributed by atoms with E-state index in [1.165, 1.54) is 6.07 Å². The van der Waals surface area contributed by atoms with Crippen molar-refractivity contribution in [2.75, 3.05) is 0 Å². The number of carbonyl (C=O) groups excluding carboxylic acids is 1.